The second kappa shape index (κ2) is 17.1. The molecule has 3 N–H and O–H groups in total. The van der Waals surface area contributed by atoms with Crippen LogP contribution >= 0.6 is 11.6 Å². The quantitative estimate of drug-likeness (QED) is 0.258. The third kappa shape index (κ3) is 9.93. The molecular formula is C35H45ClN4O7S. The van der Waals surface area contributed by atoms with Crippen molar-refractivity contribution in [2.24, 2.45) is 5.92 Å². The molecule has 0 spiro atoms. The lowest BCUT2D eigenvalue weighted by molar-refractivity contribution is -0.00833. The van der Waals surface area contributed by atoms with E-state index < -0.39 is 34.1 Å². The number of halogens is 1. The number of para-hydroxylation sites is 1. The number of carbonyl (C=O) groups excluding carboxylic acids is 2. The third-order valence-electron chi connectivity index (χ3n) is 8.30. The molecule has 4 rings (SSSR count). The number of sulfonamides is 1. The number of hydrogen-bond donors (Lipinski definition) is 3. The predicted octanol–water partition coefficient (Wildman–Crippen LogP) is 6.10. The zero-order valence-electron chi connectivity index (χ0n) is 27.8. The van der Waals surface area contributed by atoms with E-state index >= 15 is 0 Å². The summed E-state index contributed by atoms with van der Waals surface area (Å²) >= 11 is 5.98. The second-order valence-electron chi connectivity index (χ2n) is 12.2. The number of aliphatic hydroxyl groups is 1. The number of amides is 3. The normalized spacial score (nSPS) is 20.3. The highest BCUT2D eigenvalue weighted by Gasteiger charge is 2.32. The van der Waals surface area contributed by atoms with Crippen molar-refractivity contribution in [2.45, 2.75) is 63.2 Å². The van der Waals surface area contributed by atoms with Gasteiger partial charge in [0.1, 0.15) is 5.75 Å². The lowest BCUT2D eigenvalue weighted by Crippen LogP contribution is -2.48. The number of carbonyl (C=O) groups is 2. The van der Waals surface area contributed by atoms with Gasteiger partial charge in [0.2, 0.25) is 10.0 Å². The Morgan fingerprint density at radius 1 is 1.04 bits per heavy atom. The van der Waals surface area contributed by atoms with Gasteiger partial charge in [-0.15, -0.1) is 0 Å². The number of hydrogen-bond acceptors (Lipinski definition) is 7. The van der Waals surface area contributed by atoms with E-state index in [1.54, 1.807) is 42.2 Å². The first kappa shape index (κ1) is 37.1. The van der Waals surface area contributed by atoms with Gasteiger partial charge < -0.3 is 30.1 Å². The molecule has 3 aromatic carbocycles. The molecule has 1 aliphatic heterocycles. The molecule has 0 aromatic heterocycles. The van der Waals surface area contributed by atoms with Crippen molar-refractivity contribution in [3.8, 4) is 5.75 Å². The van der Waals surface area contributed by atoms with E-state index in [1.165, 1.54) is 35.6 Å². The van der Waals surface area contributed by atoms with Crippen molar-refractivity contribution in [2.75, 3.05) is 44.0 Å². The number of likely N-dealkylation sites (N-methyl/N-ethyl adjacent to an activating group) is 1. The van der Waals surface area contributed by atoms with Crippen molar-refractivity contribution < 1.29 is 32.6 Å². The van der Waals surface area contributed by atoms with Gasteiger partial charge in [0.25, 0.3) is 5.91 Å². The highest BCUT2D eigenvalue weighted by molar-refractivity contribution is 7.89. The summed E-state index contributed by atoms with van der Waals surface area (Å²) in [6, 6.07) is 18.8. The van der Waals surface area contributed by atoms with Crippen LogP contribution in [0.3, 0.4) is 0 Å². The van der Waals surface area contributed by atoms with Gasteiger partial charge in [0, 0.05) is 49.1 Å². The maximum absolute atomic E-state index is 14.3. The van der Waals surface area contributed by atoms with E-state index in [2.05, 4.69) is 10.6 Å². The van der Waals surface area contributed by atoms with E-state index in [0.717, 1.165) is 12.8 Å². The number of rotatable bonds is 8. The average molecular weight is 701 g/mol. The van der Waals surface area contributed by atoms with Gasteiger partial charge in [0.15, 0.2) is 0 Å². The van der Waals surface area contributed by atoms with E-state index in [4.69, 9.17) is 21.1 Å². The molecule has 3 aromatic rings. The molecule has 260 valence electrons. The van der Waals surface area contributed by atoms with Gasteiger partial charge in [-0.25, -0.2) is 13.2 Å². The lowest BCUT2D eigenvalue weighted by Gasteiger charge is -2.35. The number of nitrogens with one attached hydrogen (secondary N) is 2. The Labute approximate surface area is 288 Å². The molecule has 1 aliphatic rings. The molecule has 4 atom stereocenters. The number of anilines is 2. The van der Waals surface area contributed by atoms with Crippen LogP contribution in [0.1, 0.15) is 50.4 Å². The molecule has 0 fully saturated rings. The Bertz CT molecular complexity index is 1630. The lowest BCUT2D eigenvalue weighted by atomic mass is 10.0. The van der Waals surface area contributed by atoms with Crippen molar-refractivity contribution >= 4 is 44.9 Å². The maximum atomic E-state index is 14.3. The molecule has 11 nitrogen and oxygen atoms in total. The van der Waals surface area contributed by atoms with Crippen LogP contribution in [0.2, 0.25) is 5.02 Å². The molecule has 0 aliphatic carbocycles. The topological polar surface area (TPSA) is 138 Å². The zero-order chi connectivity index (χ0) is 34.8. The number of ether oxygens (including phenoxy) is 2. The Morgan fingerprint density at radius 3 is 2.42 bits per heavy atom. The van der Waals surface area contributed by atoms with Crippen molar-refractivity contribution in [1.82, 2.24) is 9.21 Å². The molecule has 3 amide bonds. The first-order valence-electron chi connectivity index (χ1n) is 16.1. The number of urea groups is 1. The highest BCUT2D eigenvalue weighted by Crippen LogP contribution is 2.29. The highest BCUT2D eigenvalue weighted by atomic mass is 35.5. The van der Waals surface area contributed by atoms with Crippen molar-refractivity contribution in [3.05, 3.63) is 83.4 Å². The van der Waals surface area contributed by atoms with Gasteiger partial charge in [-0.05, 0) is 87.7 Å². The summed E-state index contributed by atoms with van der Waals surface area (Å²) in [5, 5.41) is 16.2. The summed E-state index contributed by atoms with van der Waals surface area (Å²) in [6.45, 7) is 5.85. The average Bonchev–Trinajstić information content (AvgIpc) is 3.06. The van der Waals surface area contributed by atoms with Crippen LogP contribution in [-0.4, -0.2) is 86.3 Å². The minimum atomic E-state index is -3.85. The Morgan fingerprint density at radius 2 is 1.73 bits per heavy atom. The van der Waals surface area contributed by atoms with Gasteiger partial charge in [-0.2, -0.15) is 4.31 Å². The van der Waals surface area contributed by atoms with Gasteiger partial charge >= 0.3 is 6.03 Å². The predicted molar refractivity (Wildman–Crippen MR) is 187 cm³/mol. The number of fused-ring (bicyclic) bond motifs is 1. The monoisotopic (exact) mass is 700 g/mol. The first-order chi connectivity index (χ1) is 22.9. The minimum absolute atomic E-state index is 0.0440. The van der Waals surface area contributed by atoms with Gasteiger partial charge in [-0.1, -0.05) is 36.7 Å². The Kier molecular flexibility index (Phi) is 13.2. The standard InChI is InChI=1S/C35H45ClN4O7S/c1-24-21-40(25(2)23-41)34(42)31-20-29(38-35(43)37-28-11-6-5-7-12-28)15-18-32(31)47-26(3)10-8-9-19-46-33(24)22-39(4)48(44,45)30-16-13-27(36)14-17-30/h5-7,11-18,20,24-26,33,41H,8-10,19,21-23H2,1-4H3,(H2,37,38,43)/t24-,25-,26-,33+/m1/s1. The fourth-order valence-corrected chi connectivity index (χ4v) is 6.72. The molecule has 0 saturated heterocycles. The molecule has 0 unspecified atom stereocenters. The summed E-state index contributed by atoms with van der Waals surface area (Å²) in [6.07, 6.45) is 1.42. The molecule has 1 heterocycles. The number of benzene rings is 3. The SMILES string of the molecule is C[C@@H]1CCCCO[C@@H](CN(C)S(=O)(=O)c2ccc(Cl)cc2)[C@H](C)CN([C@H](C)CO)C(=O)c2cc(NC(=O)Nc3ccccc3)ccc2O1. The van der Waals surface area contributed by atoms with Crippen LogP contribution in [0, 0.1) is 5.92 Å². The van der Waals surface area contributed by atoms with Crippen LogP contribution in [-0.2, 0) is 14.8 Å². The molecular weight excluding hydrogens is 656 g/mol. The molecule has 48 heavy (non-hydrogen) atoms. The van der Waals surface area contributed by atoms with Gasteiger partial charge in [0.05, 0.1) is 35.3 Å². The second-order valence-corrected chi connectivity index (χ2v) is 14.7. The van der Waals surface area contributed by atoms with Crippen molar-refractivity contribution in [3.63, 3.8) is 0 Å². The summed E-state index contributed by atoms with van der Waals surface area (Å²) in [5.41, 5.74) is 1.22. The smallest absolute Gasteiger partial charge is 0.323 e. The maximum Gasteiger partial charge on any atom is 0.323 e. The molecule has 0 saturated carbocycles. The van der Waals surface area contributed by atoms with Crippen LogP contribution in [0.25, 0.3) is 0 Å². The summed E-state index contributed by atoms with van der Waals surface area (Å²) in [7, 11) is -2.35. The molecule has 0 radical (unpaired) electrons. The van der Waals surface area contributed by atoms with Crippen LogP contribution < -0.4 is 15.4 Å². The molecule has 0 bridgehead atoms. The fourth-order valence-electron chi connectivity index (χ4n) is 5.42. The van der Waals surface area contributed by atoms with E-state index in [9.17, 15) is 23.1 Å². The minimum Gasteiger partial charge on any atom is -0.490 e. The first-order valence-corrected chi connectivity index (χ1v) is 17.9. The summed E-state index contributed by atoms with van der Waals surface area (Å²) < 4.78 is 40.7. The largest absolute Gasteiger partial charge is 0.490 e. The van der Waals surface area contributed by atoms with E-state index in [1.807, 2.05) is 32.0 Å². The number of nitrogens with zero attached hydrogens (tertiary/aromatic N) is 2. The third-order valence-corrected chi connectivity index (χ3v) is 10.4. The van der Waals surface area contributed by atoms with E-state index in [-0.39, 0.29) is 42.2 Å². The van der Waals surface area contributed by atoms with Crippen LogP contribution in [0.5, 0.6) is 5.75 Å². The number of aliphatic hydroxyl groups excluding tert-OH is 1. The summed E-state index contributed by atoms with van der Waals surface area (Å²) in [5.74, 6) is -0.381. The van der Waals surface area contributed by atoms with Crippen LogP contribution in [0.4, 0.5) is 16.2 Å². The van der Waals surface area contributed by atoms with E-state index in [0.29, 0.717) is 35.2 Å². The Hall–Kier alpha value is -3.68. The van der Waals surface area contributed by atoms with Gasteiger partial charge in [-0.3, -0.25) is 4.79 Å². The zero-order valence-corrected chi connectivity index (χ0v) is 29.3. The fraction of sp³-hybridized carbons (Fsp3) is 0.429. The summed E-state index contributed by atoms with van der Waals surface area (Å²) in [4.78, 5) is 28.8. The van der Waals surface area contributed by atoms with Crippen molar-refractivity contribution in [1.29, 1.82) is 0 Å². The molecule has 13 heteroatoms. The van der Waals surface area contributed by atoms with Crippen LogP contribution in [0.15, 0.2) is 77.7 Å². The Balaban J connectivity index is 1.62.